The second kappa shape index (κ2) is 4.97. The summed E-state index contributed by atoms with van der Waals surface area (Å²) in [4.78, 5) is 0. The van der Waals surface area contributed by atoms with Crippen molar-refractivity contribution < 1.29 is 14.4 Å². The van der Waals surface area contributed by atoms with E-state index in [0.29, 0.717) is 0 Å². The lowest BCUT2D eigenvalue weighted by atomic mass is 9.95. The summed E-state index contributed by atoms with van der Waals surface area (Å²) in [5.41, 5.74) is 5.07. The molecule has 3 nitrogen and oxygen atoms in total. The predicted molar refractivity (Wildman–Crippen MR) is 84.1 cm³/mol. The fourth-order valence-electron chi connectivity index (χ4n) is 2.97. The zero-order valence-electron chi connectivity index (χ0n) is 12.2. The molecule has 108 valence electrons. The minimum absolute atomic E-state index is 0.718. The lowest BCUT2D eigenvalue weighted by molar-refractivity contribution is -0.661. The van der Waals surface area contributed by atoms with Crippen molar-refractivity contribution in [3.05, 3.63) is 72.4 Å². The van der Waals surface area contributed by atoms with E-state index >= 15 is 0 Å². The van der Waals surface area contributed by atoms with E-state index in [-0.39, 0.29) is 0 Å². The minimum atomic E-state index is -0.930. The van der Waals surface area contributed by atoms with Gasteiger partial charge in [-0.1, -0.05) is 36.4 Å². The Morgan fingerprint density at radius 3 is 2.50 bits per heavy atom. The van der Waals surface area contributed by atoms with Crippen LogP contribution < -0.4 is 9.30 Å². The van der Waals surface area contributed by atoms with E-state index in [9.17, 15) is 5.11 Å². The highest BCUT2D eigenvalue weighted by atomic mass is 16.6. The van der Waals surface area contributed by atoms with E-state index in [4.69, 9.17) is 4.74 Å². The Hall–Kier alpha value is -2.65. The number of aromatic nitrogens is 1. The maximum atomic E-state index is 10.3. The van der Waals surface area contributed by atoms with E-state index in [1.807, 2.05) is 60.3 Å². The number of hydrogen-bond acceptors (Lipinski definition) is 2. The second-order valence-electron chi connectivity index (χ2n) is 5.47. The van der Waals surface area contributed by atoms with Gasteiger partial charge < -0.3 is 9.84 Å². The van der Waals surface area contributed by atoms with Crippen LogP contribution in [0.1, 0.15) is 11.9 Å². The highest BCUT2D eigenvalue weighted by molar-refractivity contribution is 5.77. The Kier molecular flexibility index (Phi) is 2.94. The largest absolute Gasteiger partial charge is 0.460 e. The van der Waals surface area contributed by atoms with Gasteiger partial charge >= 0.3 is 0 Å². The third kappa shape index (κ3) is 1.98. The molecule has 0 aliphatic carbocycles. The third-order valence-corrected chi connectivity index (χ3v) is 4.06. The van der Waals surface area contributed by atoms with E-state index in [1.54, 1.807) is 0 Å². The molecule has 1 unspecified atom stereocenters. The number of aliphatic hydroxyl groups is 1. The lowest BCUT2D eigenvalue weighted by Gasteiger charge is -2.24. The molecule has 3 heteroatoms. The first kappa shape index (κ1) is 13.0. The summed E-state index contributed by atoms with van der Waals surface area (Å²) in [6, 6.07) is 20.2. The molecule has 1 atom stereocenters. The average Bonchev–Trinajstić information content (AvgIpc) is 2.56. The number of para-hydroxylation sites is 1. The summed E-state index contributed by atoms with van der Waals surface area (Å²) in [5, 5.41) is 10.3. The van der Waals surface area contributed by atoms with Crippen molar-refractivity contribution in [2.75, 3.05) is 0 Å². The van der Waals surface area contributed by atoms with Gasteiger partial charge in [-0.15, -0.1) is 0 Å². The molecule has 0 spiro atoms. The molecule has 0 saturated carbocycles. The summed E-state index contributed by atoms with van der Waals surface area (Å²) < 4.78 is 7.62. The first-order valence-electron chi connectivity index (χ1n) is 7.27. The van der Waals surface area contributed by atoms with Crippen LogP contribution in [0.4, 0.5) is 0 Å². The van der Waals surface area contributed by atoms with Crippen LogP contribution >= 0.6 is 0 Å². The number of hydrogen-bond donors (Lipinski definition) is 1. The molecule has 1 aromatic heterocycles. The maximum absolute atomic E-state index is 10.3. The number of rotatable bonds is 1. The molecule has 2 aromatic carbocycles. The van der Waals surface area contributed by atoms with Crippen LogP contribution in [-0.2, 0) is 7.05 Å². The smallest absolute Gasteiger partial charge is 0.230 e. The van der Waals surface area contributed by atoms with Crippen molar-refractivity contribution >= 4 is 0 Å². The van der Waals surface area contributed by atoms with Crippen LogP contribution in [0.3, 0.4) is 0 Å². The first-order chi connectivity index (χ1) is 10.7. The molecule has 2 heterocycles. The molecule has 1 aliphatic heterocycles. The number of benzene rings is 2. The summed E-state index contributed by atoms with van der Waals surface area (Å²) in [7, 11) is 1.98. The topological polar surface area (TPSA) is 33.3 Å². The molecular weight excluding hydrogens is 274 g/mol. The standard InChI is InChI=1S/C19H16NO2/c1-20-12-16-15(11-17(20)13-7-3-2-4-8-13)14-9-5-6-10-18(14)22-19(16)21/h2-12,19,21H,1H3/q+1. The van der Waals surface area contributed by atoms with Crippen LogP contribution in [0.25, 0.3) is 22.4 Å². The first-order valence-corrected chi connectivity index (χ1v) is 7.27. The van der Waals surface area contributed by atoms with Gasteiger partial charge in [-0.05, 0) is 18.2 Å². The number of pyridine rings is 1. The van der Waals surface area contributed by atoms with Crippen LogP contribution in [0, 0.1) is 0 Å². The number of nitrogens with zero attached hydrogens (tertiary/aromatic N) is 1. The summed E-state index contributed by atoms with van der Waals surface area (Å²) in [5.74, 6) is 0.718. The van der Waals surface area contributed by atoms with E-state index < -0.39 is 6.29 Å². The van der Waals surface area contributed by atoms with E-state index in [1.165, 1.54) is 0 Å². The van der Waals surface area contributed by atoms with Crippen LogP contribution in [0.5, 0.6) is 5.75 Å². The quantitative estimate of drug-likeness (QED) is 0.698. The van der Waals surface area contributed by atoms with Gasteiger partial charge in [-0.25, -0.2) is 4.57 Å². The molecule has 0 fully saturated rings. The van der Waals surface area contributed by atoms with Gasteiger partial charge in [-0.3, -0.25) is 0 Å². The van der Waals surface area contributed by atoms with E-state index in [2.05, 4.69) is 18.2 Å². The molecule has 0 saturated heterocycles. The zero-order valence-corrected chi connectivity index (χ0v) is 12.2. The molecule has 1 N–H and O–H groups in total. The molecule has 22 heavy (non-hydrogen) atoms. The molecule has 1 aliphatic rings. The Morgan fingerprint density at radius 1 is 0.955 bits per heavy atom. The van der Waals surface area contributed by atoms with Crippen molar-refractivity contribution in [1.29, 1.82) is 0 Å². The minimum Gasteiger partial charge on any atom is -0.460 e. The Morgan fingerprint density at radius 2 is 1.68 bits per heavy atom. The van der Waals surface area contributed by atoms with Crippen LogP contribution in [-0.4, -0.2) is 5.11 Å². The van der Waals surface area contributed by atoms with Crippen molar-refractivity contribution in [3.63, 3.8) is 0 Å². The van der Waals surface area contributed by atoms with Gasteiger partial charge in [0.1, 0.15) is 12.8 Å². The van der Waals surface area contributed by atoms with Crippen molar-refractivity contribution in [2.45, 2.75) is 6.29 Å². The van der Waals surface area contributed by atoms with Gasteiger partial charge in [0.2, 0.25) is 12.0 Å². The fourth-order valence-corrected chi connectivity index (χ4v) is 2.97. The zero-order chi connectivity index (χ0) is 15.1. The Balaban J connectivity index is 1.97. The molecular formula is C19H16NO2+. The molecule has 4 rings (SSSR count). The fraction of sp³-hybridized carbons (Fsp3) is 0.105. The highest BCUT2D eigenvalue weighted by Gasteiger charge is 2.28. The number of ether oxygens (including phenoxy) is 1. The molecule has 3 aromatic rings. The Labute approximate surface area is 129 Å². The third-order valence-electron chi connectivity index (χ3n) is 4.06. The maximum Gasteiger partial charge on any atom is 0.230 e. The SMILES string of the molecule is C[n+]1cc2c(cc1-c1ccccc1)-c1ccccc1OC2O. The summed E-state index contributed by atoms with van der Waals surface area (Å²) >= 11 is 0. The predicted octanol–water partition coefficient (Wildman–Crippen LogP) is 3.23. The van der Waals surface area contributed by atoms with Crippen LogP contribution in [0.15, 0.2) is 66.9 Å². The van der Waals surface area contributed by atoms with Crippen LogP contribution in [0.2, 0.25) is 0 Å². The molecule has 0 amide bonds. The van der Waals surface area contributed by atoms with Crippen molar-refractivity contribution in [2.24, 2.45) is 7.05 Å². The average molecular weight is 290 g/mol. The highest BCUT2D eigenvalue weighted by Crippen LogP contribution is 2.41. The number of fused-ring (bicyclic) bond motifs is 3. The number of aliphatic hydroxyl groups excluding tert-OH is 1. The van der Waals surface area contributed by atoms with Gasteiger partial charge in [0.05, 0.1) is 5.56 Å². The van der Waals surface area contributed by atoms with Crippen molar-refractivity contribution in [1.82, 2.24) is 0 Å². The normalized spacial score (nSPS) is 15.6. The monoisotopic (exact) mass is 290 g/mol. The number of aryl methyl sites for hydroxylation is 1. The van der Waals surface area contributed by atoms with Gasteiger partial charge in [-0.2, -0.15) is 0 Å². The van der Waals surface area contributed by atoms with Gasteiger partial charge in [0, 0.05) is 22.8 Å². The summed E-state index contributed by atoms with van der Waals surface area (Å²) in [6.07, 6.45) is 1.01. The van der Waals surface area contributed by atoms with Gasteiger partial charge in [0.15, 0.2) is 6.20 Å². The molecule has 0 bridgehead atoms. The summed E-state index contributed by atoms with van der Waals surface area (Å²) in [6.45, 7) is 0. The van der Waals surface area contributed by atoms with Crippen molar-refractivity contribution in [3.8, 4) is 28.1 Å². The Bertz CT molecular complexity index is 843. The van der Waals surface area contributed by atoms with E-state index in [0.717, 1.165) is 33.7 Å². The second-order valence-corrected chi connectivity index (χ2v) is 5.47. The van der Waals surface area contributed by atoms with Gasteiger partial charge in [0.25, 0.3) is 0 Å². The molecule has 0 radical (unpaired) electrons. The lowest BCUT2D eigenvalue weighted by Crippen LogP contribution is -2.33.